The summed E-state index contributed by atoms with van der Waals surface area (Å²) in [5.41, 5.74) is 8.55. The summed E-state index contributed by atoms with van der Waals surface area (Å²) in [6.07, 6.45) is 1.43. The van der Waals surface area contributed by atoms with E-state index < -0.39 is 23.6 Å². The number of nitrogens with zero attached hydrogens (tertiary/aromatic N) is 1. The molecule has 1 fully saturated rings. The number of hydrogen-bond acceptors (Lipinski definition) is 6. The van der Waals surface area contributed by atoms with E-state index in [2.05, 4.69) is 15.6 Å². The lowest BCUT2D eigenvalue weighted by Crippen LogP contribution is -2.47. The summed E-state index contributed by atoms with van der Waals surface area (Å²) in [5, 5.41) is 15.7. The molecule has 1 aliphatic carbocycles. The van der Waals surface area contributed by atoms with Crippen LogP contribution in [-0.2, 0) is 9.53 Å². The fraction of sp³-hybridized carbons (Fsp3) is 0.269. The van der Waals surface area contributed by atoms with Gasteiger partial charge in [0.15, 0.2) is 6.10 Å². The lowest BCUT2D eigenvalue weighted by atomic mass is 9.89. The highest BCUT2D eigenvalue weighted by molar-refractivity contribution is 6.00. The summed E-state index contributed by atoms with van der Waals surface area (Å²) in [7, 11) is 1.64. The number of benzene rings is 2. The van der Waals surface area contributed by atoms with Gasteiger partial charge in [0.2, 0.25) is 0 Å². The smallest absolute Gasteiger partial charge is 0.257 e. The Morgan fingerprint density at radius 1 is 1.14 bits per heavy atom. The molecule has 5 N–H and O–H groups in total. The third kappa shape index (κ3) is 5.50. The summed E-state index contributed by atoms with van der Waals surface area (Å²) in [6, 6.07) is 9.12. The molecule has 10 heteroatoms. The minimum absolute atomic E-state index is 0.0226. The minimum atomic E-state index is -1.76. The zero-order valence-corrected chi connectivity index (χ0v) is 19.7. The van der Waals surface area contributed by atoms with Gasteiger partial charge in [-0.2, -0.15) is 0 Å². The van der Waals surface area contributed by atoms with Gasteiger partial charge in [-0.3, -0.25) is 9.59 Å². The fourth-order valence-corrected chi connectivity index (χ4v) is 4.10. The molecule has 1 heterocycles. The van der Waals surface area contributed by atoms with E-state index in [9.17, 15) is 23.5 Å². The molecule has 0 spiro atoms. The van der Waals surface area contributed by atoms with Gasteiger partial charge in [-0.15, -0.1) is 0 Å². The molecule has 0 radical (unpaired) electrons. The quantitative estimate of drug-likeness (QED) is 0.397. The van der Waals surface area contributed by atoms with Crippen LogP contribution in [0.5, 0.6) is 0 Å². The SMILES string of the molecule is COC1CC(NC(=O)c2cc(-c3ccc(NC(=O)[C@H](O)c4cc(F)cc(F)c4)cc3C)cnc2N)C1. The first-order valence-corrected chi connectivity index (χ1v) is 11.3. The lowest BCUT2D eigenvalue weighted by molar-refractivity contribution is -0.124. The number of aliphatic hydroxyl groups is 1. The van der Waals surface area contributed by atoms with Crippen molar-refractivity contribution in [2.24, 2.45) is 0 Å². The van der Waals surface area contributed by atoms with Gasteiger partial charge in [-0.25, -0.2) is 13.8 Å². The maximum absolute atomic E-state index is 13.4. The molecule has 188 valence electrons. The molecule has 0 saturated heterocycles. The fourth-order valence-electron chi connectivity index (χ4n) is 4.10. The molecule has 1 aromatic heterocycles. The number of aromatic nitrogens is 1. The standard InChI is InChI=1S/C26H26F2N4O4/c1-13-5-18(31-26(35)23(33)14-6-16(27)9-17(28)7-14)3-4-21(13)15-8-22(24(29)30-12-15)25(34)32-19-10-20(11-19)36-2/h3-9,12,19-20,23,33H,10-11H2,1-2H3,(H2,29,30)(H,31,35)(H,32,34)/t19?,20?,23-/m1/s1. The minimum Gasteiger partial charge on any atom is -0.383 e. The van der Waals surface area contributed by atoms with Crippen molar-refractivity contribution < 1.29 is 28.2 Å². The molecular formula is C26H26F2N4O4. The van der Waals surface area contributed by atoms with E-state index in [1.807, 2.05) is 0 Å². The molecule has 2 aromatic carbocycles. The first-order chi connectivity index (χ1) is 17.1. The van der Waals surface area contributed by atoms with Crippen LogP contribution >= 0.6 is 0 Å². The van der Waals surface area contributed by atoms with E-state index in [0.29, 0.717) is 17.3 Å². The number of carbonyl (C=O) groups excluding carboxylic acids is 2. The van der Waals surface area contributed by atoms with Crippen LogP contribution < -0.4 is 16.4 Å². The Morgan fingerprint density at radius 2 is 1.83 bits per heavy atom. The van der Waals surface area contributed by atoms with Crippen LogP contribution in [0.15, 0.2) is 48.7 Å². The summed E-state index contributed by atoms with van der Waals surface area (Å²) in [4.78, 5) is 29.3. The normalized spacial score (nSPS) is 17.7. The van der Waals surface area contributed by atoms with E-state index >= 15 is 0 Å². The van der Waals surface area contributed by atoms with Crippen LogP contribution in [0, 0.1) is 18.6 Å². The maximum atomic E-state index is 13.4. The average molecular weight is 497 g/mol. The maximum Gasteiger partial charge on any atom is 0.257 e. The van der Waals surface area contributed by atoms with E-state index in [1.54, 1.807) is 44.5 Å². The third-order valence-corrected chi connectivity index (χ3v) is 6.18. The number of halogens is 2. The number of nitrogens with one attached hydrogen (secondary N) is 2. The second-order valence-corrected chi connectivity index (χ2v) is 8.78. The molecule has 8 nitrogen and oxygen atoms in total. The summed E-state index contributed by atoms with van der Waals surface area (Å²) in [5.74, 6) is -2.83. The molecule has 0 unspecified atom stereocenters. The third-order valence-electron chi connectivity index (χ3n) is 6.18. The predicted molar refractivity (Wildman–Crippen MR) is 130 cm³/mol. The van der Waals surface area contributed by atoms with Gasteiger partial charge in [0.05, 0.1) is 11.7 Å². The van der Waals surface area contributed by atoms with Crippen molar-refractivity contribution >= 4 is 23.3 Å². The average Bonchev–Trinajstić information content (AvgIpc) is 2.80. The van der Waals surface area contributed by atoms with Crippen LogP contribution in [0.25, 0.3) is 11.1 Å². The van der Waals surface area contributed by atoms with Crippen molar-refractivity contribution in [1.29, 1.82) is 0 Å². The monoisotopic (exact) mass is 496 g/mol. The highest BCUT2D eigenvalue weighted by Gasteiger charge is 2.31. The van der Waals surface area contributed by atoms with Crippen LogP contribution in [-0.4, -0.2) is 41.2 Å². The van der Waals surface area contributed by atoms with Crippen LogP contribution in [0.1, 0.15) is 40.4 Å². The van der Waals surface area contributed by atoms with Crippen molar-refractivity contribution in [2.45, 2.75) is 38.0 Å². The van der Waals surface area contributed by atoms with Gasteiger partial charge < -0.3 is 26.2 Å². The van der Waals surface area contributed by atoms with Crippen molar-refractivity contribution in [2.75, 3.05) is 18.2 Å². The highest BCUT2D eigenvalue weighted by Crippen LogP contribution is 2.29. The molecule has 1 atom stereocenters. The summed E-state index contributed by atoms with van der Waals surface area (Å²) < 4.78 is 32.1. The number of amides is 2. The van der Waals surface area contributed by atoms with E-state index in [4.69, 9.17) is 10.5 Å². The number of pyridine rings is 1. The van der Waals surface area contributed by atoms with Crippen LogP contribution in [0.2, 0.25) is 0 Å². The molecule has 2 amide bonds. The molecule has 4 rings (SSSR count). The predicted octanol–water partition coefficient (Wildman–Crippen LogP) is 3.50. The first kappa shape index (κ1) is 25.2. The Kier molecular flexibility index (Phi) is 7.27. The zero-order valence-electron chi connectivity index (χ0n) is 19.7. The molecule has 1 saturated carbocycles. The number of anilines is 2. The lowest BCUT2D eigenvalue weighted by Gasteiger charge is -2.34. The van der Waals surface area contributed by atoms with Crippen molar-refractivity contribution in [1.82, 2.24) is 10.3 Å². The number of ether oxygens (including phenoxy) is 1. The Morgan fingerprint density at radius 3 is 2.47 bits per heavy atom. The molecule has 0 aliphatic heterocycles. The number of nitrogen functional groups attached to an aromatic ring is 1. The number of nitrogens with two attached hydrogens (primary N) is 1. The Labute approximate surface area is 206 Å². The highest BCUT2D eigenvalue weighted by atomic mass is 19.1. The number of rotatable bonds is 7. The number of aliphatic hydroxyl groups excluding tert-OH is 1. The van der Waals surface area contributed by atoms with E-state index in [-0.39, 0.29) is 35.0 Å². The van der Waals surface area contributed by atoms with Gasteiger partial charge >= 0.3 is 0 Å². The first-order valence-electron chi connectivity index (χ1n) is 11.3. The Balaban J connectivity index is 1.48. The van der Waals surface area contributed by atoms with E-state index in [1.165, 1.54) is 0 Å². The molecule has 36 heavy (non-hydrogen) atoms. The van der Waals surface area contributed by atoms with Gasteiger partial charge in [0.25, 0.3) is 11.8 Å². The number of carbonyl (C=O) groups is 2. The second kappa shape index (κ2) is 10.4. The van der Waals surface area contributed by atoms with Crippen LogP contribution in [0.4, 0.5) is 20.3 Å². The largest absolute Gasteiger partial charge is 0.383 e. The topological polar surface area (TPSA) is 127 Å². The van der Waals surface area contributed by atoms with Crippen LogP contribution in [0.3, 0.4) is 0 Å². The molecule has 0 bridgehead atoms. The zero-order chi connectivity index (χ0) is 26.0. The van der Waals surface area contributed by atoms with Gasteiger partial charge in [-0.1, -0.05) is 6.07 Å². The molecular weight excluding hydrogens is 470 g/mol. The molecule has 1 aliphatic rings. The van der Waals surface area contributed by atoms with Gasteiger partial charge in [0.1, 0.15) is 17.5 Å². The Hall–Kier alpha value is -3.89. The van der Waals surface area contributed by atoms with Gasteiger partial charge in [0, 0.05) is 36.7 Å². The molecule has 3 aromatic rings. The second-order valence-electron chi connectivity index (χ2n) is 8.78. The van der Waals surface area contributed by atoms with Crippen molar-refractivity contribution in [3.8, 4) is 11.1 Å². The Bertz CT molecular complexity index is 1290. The summed E-state index contributed by atoms with van der Waals surface area (Å²) >= 11 is 0. The van der Waals surface area contributed by atoms with Gasteiger partial charge in [-0.05, 0) is 66.8 Å². The summed E-state index contributed by atoms with van der Waals surface area (Å²) in [6.45, 7) is 1.80. The van der Waals surface area contributed by atoms with Crippen molar-refractivity contribution in [3.63, 3.8) is 0 Å². The number of hydrogen-bond donors (Lipinski definition) is 4. The number of aryl methyl sites for hydroxylation is 1. The number of methoxy groups -OCH3 is 1. The van der Waals surface area contributed by atoms with Crippen molar-refractivity contribution in [3.05, 3.63) is 77.0 Å². The van der Waals surface area contributed by atoms with E-state index in [0.717, 1.165) is 36.1 Å².